The van der Waals surface area contributed by atoms with Gasteiger partial charge in [0.05, 0.1) is 5.56 Å². The Bertz CT molecular complexity index is 621. The summed E-state index contributed by atoms with van der Waals surface area (Å²) in [4.78, 5) is 12.1. The second-order valence-corrected chi connectivity index (χ2v) is 5.97. The molecule has 21 heavy (non-hydrogen) atoms. The molecule has 0 spiro atoms. The number of carbonyl (C=O) groups excluding carboxylic acids is 1. The topological polar surface area (TPSA) is 49.3 Å². The molecule has 2 fully saturated rings. The summed E-state index contributed by atoms with van der Waals surface area (Å²) in [6, 6.07) is 4.24. The SMILES string of the molecule is O=C(NCC1(C2CC2)CC1)c1ccc(C#CCO)c(F)c1. The van der Waals surface area contributed by atoms with Gasteiger partial charge in [0, 0.05) is 12.1 Å². The number of carbonyl (C=O) groups is 1. The van der Waals surface area contributed by atoms with Gasteiger partial charge in [0.2, 0.25) is 0 Å². The van der Waals surface area contributed by atoms with Crippen molar-refractivity contribution in [1.29, 1.82) is 0 Å². The van der Waals surface area contributed by atoms with Crippen molar-refractivity contribution in [3.05, 3.63) is 35.1 Å². The first-order chi connectivity index (χ1) is 10.1. The van der Waals surface area contributed by atoms with E-state index in [0.717, 1.165) is 5.92 Å². The van der Waals surface area contributed by atoms with E-state index in [1.54, 1.807) is 6.07 Å². The van der Waals surface area contributed by atoms with Gasteiger partial charge in [-0.3, -0.25) is 4.79 Å². The first-order valence-corrected chi connectivity index (χ1v) is 7.32. The maximum absolute atomic E-state index is 13.8. The Morgan fingerprint density at radius 1 is 1.43 bits per heavy atom. The molecular weight excluding hydrogens is 269 g/mol. The van der Waals surface area contributed by atoms with E-state index < -0.39 is 5.82 Å². The molecule has 0 unspecified atom stereocenters. The van der Waals surface area contributed by atoms with E-state index >= 15 is 0 Å². The zero-order chi connectivity index (χ0) is 14.9. The highest BCUT2D eigenvalue weighted by Gasteiger charge is 2.53. The minimum Gasteiger partial charge on any atom is -0.384 e. The number of nitrogens with one attached hydrogen (secondary N) is 1. The number of hydrogen-bond donors (Lipinski definition) is 2. The van der Waals surface area contributed by atoms with Gasteiger partial charge in [-0.1, -0.05) is 11.8 Å². The highest BCUT2D eigenvalue weighted by molar-refractivity contribution is 5.94. The van der Waals surface area contributed by atoms with E-state index in [0.29, 0.717) is 17.5 Å². The first kappa shape index (κ1) is 14.1. The molecule has 0 saturated heterocycles. The number of benzene rings is 1. The minimum atomic E-state index is -0.535. The number of rotatable bonds is 4. The van der Waals surface area contributed by atoms with E-state index in [9.17, 15) is 9.18 Å². The zero-order valence-electron chi connectivity index (χ0n) is 11.8. The first-order valence-electron chi connectivity index (χ1n) is 7.32. The average Bonchev–Trinajstić information content (AvgIpc) is 3.36. The van der Waals surface area contributed by atoms with Crippen LogP contribution in [0.4, 0.5) is 4.39 Å². The molecule has 0 aliphatic heterocycles. The van der Waals surface area contributed by atoms with Crippen LogP contribution in [0.2, 0.25) is 0 Å². The van der Waals surface area contributed by atoms with Crippen LogP contribution in [0.1, 0.15) is 41.6 Å². The molecule has 1 aromatic rings. The largest absolute Gasteiger partial charge is 0.384 e. The van der Waals surface area contributed by atoms with Gasteiger partial charge in [0.15, 0.2) is 0 Å². The lowest BCUT2D eigenvalue weighted by atomic mass is 10.0. The predicted octanol–water partition coefficient (Wildman–Crippen LogP) is 2.09. The van der Waals surface area contributed by atoms with Gasteiger partial charge in [0.25, 0.3) is 5.91 Å². The van der Waals surface area contributed by atoms with Crippen LogP contribution in [0.3, 0.4) is 0 Å². The van der Waals surface area contributed by atoms with Crippen LogP contribution in [0.15, 0.2) is 18.2 Å². The Kier molecular flexibility index (Phi) is 3.69. The van der Waals surface area contributed by atoms with Crippen molar-refractivity contribution in [3.63, 3.8) is 0 Å². The van der Waals surface area contributed by atoms with Gasteiger partial charge in [-0.2, -0.15) is 0 Å². The summed E-state index contributed by atoms with van der Waals surface area (Å²) in [7, 11) is 0. The monoisotopic (exact) mass is 287 g/mol. The average molecular weight is 287 g/mol. The Morgan fingerprint density at radius 2 is 2.19 bits per heavy atom. The van der Waals surface area contributed by atoms with Crippen LogP contribution in [-0.4, -0.2) is 24.2 Å². The number of aliphatic hydroxyl groups excluding tert-OH is 1. The summed E-state index contributed by atoms with van der Waals surface area (Å²) in [6.07, 6.45) is 4.95. The van der Waals surface area contributed by atoms with Crippen molar-refractivity contribution in [3.8, 4) is 11.8 Å². The maximum atomic E-state index is 13.8. The molecule has 1 amide bonds. The van der Waals surface area contributed by atoms with E-state index in [1.165, 1.54) is 37.8 Å². The van der Waals surface area contributed by atoms with E-state index in [2.05, 4.69) is 17.2 Å². The lowest BCUT2D eigenvalue weighted by Crippen LogP contribution is -2.31. The van der Waals surface area contributed by atoms with E-state index in [-0.39, 0.29) is 18.1 Å². The molecule has 1 aromatic carbocycles. The van der Waals surface area contributed by atoms with Crippen molar-refractivity contribution < 1.29 is 14.3 Å². The minimum absolute atomic E-state index is 0.192. The fourth-order valence-corrected chi connectivity index (χ4v) is 2.84. The maximum Gasteiger partial charge on any atom is 0.251 e. The fourth-order valence-electron chi connectivity index (χ4n) is 2.84. The van der Waals surface area contributed by atoms with Crippen LogP contribution in [0.5, 0.6) is 0 Å². The number of halogens is 1. The molecule has 0 atom stereocenters. The normalized spacial score (nSPS) is 18.6. The second kappa shape index (κ2) is 5.50. The Balaban J connectivity index is 1.63. The number of amides is 1. The lowest BCUT2D eigenvalue weighted by Gasteiger charge is -2.15. The molecule has 0 aromatic heterocycles. The summed E-state index contributed by atoms with van der Waals surface area (Å²) in [5.41, 5.74) is 0.840. The number of hydrogen-bond acceptors (Lipinski definition) is 2. The molecule has 3 nitrogen and oxygen atoms in total. The molecule has 2 aliphatic carbocycles. The summed E-state index contributed by atoms with van der Waals surface area (Å²) in [5.74, 6) is 4.92. The quantitative estimate of drug-likeness (QED) is 0.833. The predicted molar refractivity (Wildman–Crippen MR) is 77.1 cm³/mol. The highest BCUT2D eigenvalue weighted by Crippen LogP contribution is 2.60. The van der Waals surface area contributed by atoms with Gasteiger partial charge >= 0.3 is 0 Å². The lowest BCUT2D eigenvalue weighted by molar-refractivity contribution is 0.0942. The second-order valence-electron chi connectivity index (χ2n) is 5.97. The molecule has 4 heteroatoms. The Labute approximate surface area is 123 Å². The van der Waals surface area contributed by atoms with Gasteiger partial charge in [-0.05, 0) is 55.2 Å². The molecule has 3 rings (SSSR count). The molecule has 0 radical (unpaired) electrons. The molecule has 110 valence electrons. The van der Waals surface area contributed by atoms with Crippen molar-refractivity contribution in [2.24, 2.45) is 11.3 Å². The molecular formula is C17H18FNO2. The van der Waals surface area contributed by atoms with Gasteiger partial charge < -0.3 is 10.4 Å². The van der Waals surface area contributed by atoms with Crippen molar-refractivity contribution in [1.82, 2.24) is 5.32 Å². The molecule has 2 aliphatic rings. The number of aliphatic hydroxyl groups is 1. The van der Waals surface area contributed by atoms with Crippen LogP contribution in [0.25, 0.3) is 0 Å². The fraction of sp³-hybridized carbons (Fsp3) is 0.471. The third-order valence-corrected chi connectivity index (χ3v) is 4.47. The van der Waals surface area contributed by atoms with Gasteiger partial charge in [-0.15, -0.1) is 0 Å². The van der Waals surface area contributed by atoms with Gasteiger partial charge in [0.1, 0.15) is 12.4 Å². The summed E-state index contributed by atoms with van der Waals surface area (Å²) >= 11 is 0. The third kappa shape index (κ3) is 3.08. The van der Waals surface area contributed by atoms with Crippen LogP contribution >= 0.6 is 0 Å². The third-order valence-electron chi connectivity index (χ3n) is 4.47. The highest BCUT2D eigenvalue weighted by atomic mass is 19.1. The molecule has 0 heterocycles. The van der Waals surface area contributed by atoms with Crippen molar-refractivity contribution >= 4 is 5.91 Å². The smallest absolute Gasteiger partial charge is 0.251 e. The van der Waals surface area contributed by atoms with Gasteiger partial charge in [-0.25, -0.2) is 4.39 Å². The van der Waals surface area contributed by atoms with Crippen LogP contribution < -0.4 is 5.32 Å². The van der Waals surface area contributed by atoms with E-state index in [1.807, 2.05) is 0 Å². The summed E-state index contributed by atoms with van der Waals surface area (Å²) < 4.78 is 13.8. The van der Waals surface area contributed by atoms with E-state index in [4.69, 9.17) is 5.11 Å². The standard InChI is InChI=1S/C17H18FNO2/c18-15-10-13(4-3-12(15)2-1-9-20)16(21)19-11-17(7-8-17)14-5-6-14/h3-4,10,14,20H,5-9,11H2,(H,19,21). The summed E-state index contributed by atoms with van der Waals surface area (Å²) in [5, 5.41) is 11.5. The Hall–Kier alpha value is -1.86. The molecule has 2 saturated carbocycles. The zero-order valence-corrected chi connectivity index (χ0v) is 11.8. The van der Waals surface area contributed by atoms with Crippen LogP contribution in [-0.2, 0) is 0 Å². The van der Waals surface area contributed by atoms with Crippen LogP contribution in [0, 0.1) is 29.0 Å². The van der Waals surface area contributed by atoms with Crippen molar-refractivity contribution in [2.45, 2.75) is 25.7 Å². The Morgan fingerprint density at radius 3 is 2.76 bits per heavy atom. The summed E-state index contributed by atoms with van der Waals surface area (Å²) in [6.45, 7) is 0.384. The molecule has 0 bridgehead atoms. The van der Waals surface area contributed by atoms with Crippen molar-refractivity contribution in [2.75, 3.05) is 13.2 Å². The molecule has 2 N–H and O–H groups in total.